The Labute approximate surface area is 181 Å². The quantitative estimate of drug-likeness (QED) is 0.120. The van der Waals surface area contributed by atoms with E-state index < -0.39 is 4.92 Å². The van der Waals surface area contributed by atoms with Crippen molar-refractivity contribution in [2.45, 2.75) is 33.2 Å². The van der Waals surface area contributed by atoms with E-state index in [1.54, 1.807) is 12.1 Å². The summed E-state index contributed by atoms with van der Waals surface area (Å²) in [7, 11) is 0. The molecule has 0 aliphatic heterocycles. The summed E-state index contributed by atoms with van der Waals surface area (Å²) in [6.07, 6.45) is 0. The van der Waals surface area contributed by atoms with Gasteiger partial charge in [0.1, 0.15) is 6.54 Å². The molecule has 2 aromatic rings. The fourth-order valence-corrected chi connectivity index (χ4v) is 2.26. The Kier molecular flexibility index (Phi) is 10.3. The van der Waals surface area contributed by atoms with Gasteiger partial charge in [-0.05, 0) is 25.0 Å². The molecule has 154 valence electrons. The van der Waals surface area contributed by atoms with E-state index in [1.807, 2.05) is 13.0 Å². The third-order valence-corrected chi connectivity index (χ3v) is 3.73. The molecule has 9 nitrogen and oxygen atoms in total. The maximum absolute atomic E-state index is 10.7. The summed E-state index contributed by atoms with van der Waals surface area (Å²) in [4.78, 5) is 14.7. The largest absolute Gasteiger partial charge is 0.383 e. The molecular weight excluding hydrogens is 475 g/mol. The summed E-state index contributed by atoms with van der Waals surface area (Å²) >= 11 is 0. The van der Waals surface area contributed by atoms with Crippen molar-refractivity contribution < 1.29 is 9.45 Å². The number of nitro benzene ring substituents is 1. The smallest absolute Gasteiger partial charge is 0.269 e. The molecule has 10 heteroatoms. The number of hydrogen-bond donors (Lipinski definition) is 3. The Balaban J connectivity index is 0.00000392. The molecule has 0 radical (unpaired) electrons. The third-order valence-electron chi connectivity index (χ3n) is 3.73. The zero-order chi connectivity index (χ0) is 19.6. The van der Waals surface area contributed by atoms with Crippen molar-refractivity contribution >= 4 is 41.3 Å². The summed E-state index contributed by atoms with van der Waals surface area (Å²) in [6.45, 7) is 8.55. The van der Waals surface area contributed by atoms with E-state index in [4.69, 9.17) is 4.52 Å². The molecule has 0 saturated carbocycles. The maximum Gasteiger partial charge on any atom is 0.269 e. The molecule has 1 aromatic carbocycles. The second-order valence-corrected chi connectivity index (χ2v) is 6.23. The van der Waals surface area contributed by atoms with Crippen LogP contribution in [0.15, 0.2) is 39.8 Å². The van der Waals surface area contributed by atoms with Gasteiger partial charge < -0.3 is 20.5 Å². The second-order valence-electron chi connectivity index (χ2n) is 6.23. The first kappa shape index (κ1) is 23.7. The van der Waals surface area contributed by atoms with Crippen molar-refractivity contribution in [1.82, 2.24) is 15.8 Å². The summed E-state index contributed by atoms with van der Waals surface area (Å²) < 4.78 is 5.29. The average molecular weight is 502 g/mol. The van der Waals surface area contributed by atoms with Gasteiger partial charge in [0, 0.05) is 43.5 Å². The molecule has 1 heterocycles. The van der Waals surface area contributed by atoms with Crippen molar-refractivity contribution in [3.8, 4) is 0 Å². The lowest BCUT2D eigenvalue weighted by molar-refractivity contribution is -0.384. The summed E-state index contributed by atoms with van der Waals surface area (Å²) in [6, 6.07) is 8.25. The SMILES string of the molecule is CCNC(=NCc1cc(C(C)C)no1)NCCNc1ccc([N+](=O)[O-])cc1.I. The van der Waals surface area contributed by atoms with E-state index >= 15 is 0 Å². The number of non-ortho nitro benzene ring substituents is 1. The van der Waals surface area contributed by atoms with Crippen molar-refractivity contribution in [2.24, 2.45) is 4.99 Å². The average Bonchev–Trinajstić information content (AvgIpc) is 3.13. The van der Waals surface area contributed by atoms with Gasteiger partial charge in [0.2, 0.25) is 0 Å². The van der Waals surface area contributed by atoms with Crippen LogP contribution in [0.4, 0.5) is 11.4 Å². The number of guanidine groups is 1. The molecule has 0 aliphatic rings. The highest BCUT2D eigenvalue weighted by Gasteiger charge is 2.07. The number of halogens is 1. The van der Waals surface area contributed by atoms with Gasteiger partial charge in [-0.15, -0.1) is 24.0 Å². The predicted molar refractivity (Wildman–Crippen MR) is 120 cm³/mol. The first-order valence-electron chi connectivity index (χ1n) is 8.95. The van der Waals surface area contributed by atoms with Gasteiger partial charge >= 0.3 is 0 Å². The lowest BCUT2D eigenvalue weighted by Gasteiger charge is -2.12. The van der Waals surface area contributed by atoms with Crippen LogP contribution in [0.25, 0.3) is 0 Å². The van der Waals surface area contributed by atoms with E-state index in [0.717, 1.165) is 23.7 Å². The molecule has 3 N–H and O–H groups in total. The van der Waals surface area contributed by atoms with Crippen LogP contribution in [0, 0.1) is 10.1 Å². The summed E-state index contributed by atoms with van der Waals surface area (Å²) in [5, 5.41) is 24.3. The minimum atomic E-state index is -0.414. The standard InChI is InChI=1S/C18H26N6O3.HI/c1-4-19-18(22-12-16-11-17(13(2)3)23-27-16)21-10-9-20-14-5-7-15(8-6-14)24(25)26;/h5-8,11,13,20H,4,9-10,12H2,1-3H3,(H2,19,21,22);1H. The topological polar surface area (TPSA) is 118 Å². The molecule has 1 aromatic heterocycles. The van der Waals surface area contributed by atoms with Crippen molar-refractivity contribution in [3.05, 3.63) is 51.9 Å². The predicted octanol–water partition coefficient (Wildman–Crippen LogP) is 3.49. The first-order chi connectivity index (χ1) is 13.0. The highest BCUT2D eigenvalue weighted by Crippen LogP contribution is 2.15. The van der Waals surface area contributed by atoms with Gasteiger partial charge in [-0.3, -0.25) is 10.1 Å². The Bertz CT molecular complexity index is 761. The number of nitrogens with zero attached hydrogens (tertiary/aromatic N) is 3. The van der Waals surface area contributed by atoms with Gasteiger partial charge in [0.25, 0.3) is 5.69 Å². The van der Waals surface area contributed by atoms with Gasteiger partial charge in [-0.25, -0.2) is 4.99 Å². The minimum Gasteiger partial charge on any atom is -0.383 e. The third kappa shape index (κ3) is 7.71. The number of hydrogen-bond acceptors (Lipinski definition) is 6. The number of nitrogens with one attached hydrogen (secondary N) is 3. The zero-order valence-corrected chi connectivity index (χ0v) is 18.6. The van der Waals surface area contributed by atoms with E-state index in [0.29, 0.717) is 31.5 Å². The van der Waals surface area contributed by atoms with Gasteiger partial charge in [0.05, 0.1) is 10.6 Å². The van der Waals surface area contributed by atoms with Crippen molar-refractivity contribution in [1.29, 1.82) is 0 Å². The summed E-state index contributed by atoms with van der Waals surface area (Å²) in [5.74, 6) is 1.73. The van der Waals surface area contributed by atoms with Crippen LogP contribution in [0.3, 0.4) is 0 Å². The minimum absolute atomic E-state index is 0. The number of rotatable bonds is 9. The number of aliphatic imine (C=N–C) groups is 1. The normalized spacial score (nSPS) is 11.1. The Morgan fingerprint density at radius 3 is 2.54 bits per heavy atom. The Hall–Kier alpha value is -2.37. The number of aromatic nitrogens is 1. The van der Waals surface area contributed by atoms with Crippen LogP contribution in [-0.2, 0) is 6.54 Å². The highest BCUT2D eigenvalue weighted by molar-refractivity contribution is 14.0. The number of anilines is 1. The van der Waals surface area contributed by atoms with Crippen LogP contribution in [-0.4, -0.2) is 35.7 Å². The molecule has 2 rings (SSSR count). The Morgan fingerprint density at radius 2 is 1.96 bits per heavy atom. The molecule has 0 atom stereocenters. The van der Waals surface area contributed by atoms with Crippen LogP contribution >= 0.6 is 24.0 Å². The first-order valence-corrected chi connectivity index (χ1v) is 8.95. The Morgan fingerprint density at radius 1 is 1.25 bits per heavy atom. The van der Waals surface area contributed by atoms with E-state index in [2.05, 4.69) is 39.9 Å². The molecule has 0 aliphatic carbocycles. The van der Waals surface area contributed by atoms with Crippen molar-refractivity contribution in [2.75, 3.05) is 25.0 Å². The van der Waals surface area contributed by atoms with Crippen LogP contribution in [0.1, 0.15) is 38.1 Å². The lowest BCUT2D eigenvalue weighted by Crippen LogP contribution is -2.39. The molecular formula is C18H27IN6O3. The molecule has 0 fully saturated rings. The van der Waals surface area contributed by atoms with Gasteiger partial charge in [-0.1, -0.05) is 19.0 Å². The molecule has 0 unspecified atom stereocenters. The number of benzene rings is 1. The molecule has 0 spiro atoms. The highest BCUT2D eigenvalue weighted by atomic mass is 127. The van der Waals surface area contributed by atoms with Gasteiger partial charge in [-0.2, -0.15) is 0 Å². The van der Waals surface area contributed by atoms with Crippen molar-refractivity contribution in [3.63, 3.8) is 0 Å². The zero-order valence-electron chi connectivity index (χ0n) is 16.3. The molecule has 0 amide bonds. The van der Waals surface area contributed by atoms with Crippen LogP contribution < -0.4 is 16.0 Å². The molecule has 28 heavy (non-hydrogen) atoms. The number of nitro groups is 1. The monoisotopic (exact) mass is 502 g/mol. The van der Waals surface area contributed by atoms with Crippen LogP contribution in [0.2, 0.25) is 0 Å². The lowest BCUT2D eigenvalue weighted by atomic mass is 10.1. The molecule has 0 bridgehead atoms. The maximum atomic E-state index is 10.7. The summed E-state index contributed by atoms with van der Waals surface area (Å²) in [5.41, 5.74) is 1.82. The second kappa shape index (κ2) is 12.2. The van der Waals surface area contributed by atoms with Gasteiger partial charge in [0.15, 0.2) is 11.7 Å². The van der Waals surface area contributed by atoms with E-state index in [1.165, 1.54) is 12.1 Å². The van der Waals surface area contributed by atoms with E-state index in [-0.39, 0.29) is 29.7 Å². The fourth-order valence-electron chi connectivity index (χ4n) is 2.26. The van der Waals surface area contributed by atoms with E-state index in [9.17, 15) is 10.1 Å². The fraction of sp³-hybridized carbons (Fsp3) is 0.444. The molecule has 0 saturated heterocycles. The van der Waals surface area contributed by atoms with Crippen LogP contribution in [0.5, 0.6) is 0 Å².